The Labute approximate surface area is 92.0 Å². The fourth-order valence-electron chi connectivity index (χ4n) is 0.948. The topological polar surface area (TPSA) is 58.6 Å². The molecule has 4 heteroatoms. The molecular weight excluding hydrogens is 194 g/mol. The maximum Gasteiger partial charge on any atom is 0.305 e. The third-order valence-electron chi connectivity index (χ3n) is 1.76. The van der Waals surface area contributed by atoms with E-state index in [1.165, 1.54) is 0 Å². The SMILES string of the molecule is CCCC(=O)OCC(O)CNC(C)(C)C. The van der Waals surface area contributed by atoms with Gasteiger partial charge in [-0.3, -0.25) is 4.79 Å². The lowest BCUT2D eigenvalue weighted by Gasteiger charge is -2.22. The normalized spacial score (nSPS) is 13.7. The molecule has 0 aromatic heterocycles. The first-order valence-corrected chi connectivity index (χ1v) is 5.44. The van der Waals surface area contributed by atoms with E-state index in [4.69, 9.17) is 4.74 Å². The average molecular weight is 217 g/mol. The summed E-state index contributed by atoms with van der Waals surface area (Å²) in [5.41, 5.74) is -0.0333. The summed E-state index contributed by atoms with van der Waals surface area (Å²) in [7, 11) is 0. The van der Waals surface area contributed by atoms with Crippen LogP contribution in [0.3, 0.4) is 0 Å². The van der Waals surface area contributed by atoms with Crippen molar-refractivity contribution in [2.24, 2.45) is 0 Å². The van der Waals surface area contributed by atoms with Crippen molar-refractivity contribution < 1.29 is 14.6 Å². The van der Waals surface area contributed by atoms with Crippen LogP contribution < -0.4 is 5.32 Å². The number of carbonyl (C=O) groups excluding carboxylic acids is 1. The van der Waals surface area contributed by atoms with Crippen molar-refractivity contribution in [2.75, 3.05) is 13.2 Å². The highest BCUT2D eigenvalue weighted by molar-refractivity contribution is 5.69. The monoisotopic (exact) mass is 217 g/mol. The van der Waals surface area contributed by atoms with E-state index in [1.54, 1.807) is 0 Å². The summed E-state index contributed by atoms with van der Waals surface area (Å²) in [5.74, 6) is -0.243. The van der Waals surface area contributed by atoms with Gasteiger partial charge in [0.2, 0.25) is 0 Å². The molecule has 0 aromatic carbocycles. The molecule has 0 aromatic rings. The lowest BCUT2D eigenvalue weighted by Crippen LogP contribution is -2.42. The average Bonchev–Trinajstić information content (AvgIpc) is 2.11. The van der Waals surface area contributed by atoms with Gasteiger partial charge in [0.15, 0.2) is 0 Å². The molecule has 90 valence electrons. The number of carbonyl (C=O) groups is 1. The molecule has 2 N–H and O–H groups in total. The molecule has 0 bridgehead atoms. The smallest absolute Gasteiger partial charge is 0.305 e. The first-order chi connectivity index (χ1) is 6.85. The van der Waals surface area contributed by atoms with E-state index in [1.807, 2.05) is 27.7 Å². The molecule has 15 heavy (non-hydrogen) atoms. The van der Waals surface area contributed by atoms with Gasteiger partial charge in [-0.1, -0.05) is 6.92 Å². The third kappa shape index (κ3) is 9.69. The molecule has 1 unspecified atom stereocenters. The molecular formula is C11H23NO3. The minimum Gasteiger partial charge on any atom is -0.463 e. The summed E-state index contributed by atoms with van der Waals surface area (Å²) in [5, 5.41) is 12.6. The fraction of sp³-hybridized carbons (Fsp3) is 0.909. The Bertz CT molecular complexity index is 187. The molecule has 4 nitrogen and oxygen atoms in total. The van der Waals surface area contributed by atoms with Crippen LogP contribution in [0.4, 0.5) is 0 Å². The minimum atomic E-state index is -0.634. The lowest BCUT2D eigenvalue weighted by atomic mass is 10.1. The number of ether oxygens (including phenoxy) is 1. The number of aliphatic hydroxyl groups is 1. The van der Waals surface area contributed by atoms with Crippen molar-refractivity contribution in [3.8, 4) is 0 Å². The maximum absolute atomic E-state index is 11.0. The van der Waals surface area contributed by atoms with Gasteiger partial charge in [0.05, 0.1) is 0 Å². The van der Waals surface area contributed by atoms with Crippen molar-refractivity contribution in [3.63, 3.8) is 0 Å². The molecule has 0 aliphatic rings. The number of nitrogens with one attached hydrogen (secondary N) is 1. The molecule has 0 rings (SSSR count). The summed E-state index contributed by atoms with van der Waals surface area (Å²) < 4.78 is 4.88. The second-order valence-electron chi connectivity index (χ2n) is 4.72. The van der Waals surface area contributed by atoms with E-state index in [2.05, 4.69) is 5.32 Å². The Hall–Kier alpha value is -0.610. The van der Waals surface area contributed by atoms with E-state index in [0.29, 0.717) is 13.0 Å². The number of esters is 1. The van der Waals surface area contributed by atoms with Crippen LogP contribution in [0.15, 0.2) is 0 Å². The fourth-order valence-corrected chi connectivity index (χ4v) is 0.948. The molecule has 0 fully saturated rings. The first kappa shape index (κ1) is 14.4. The van der Waals surface area contributed by atoms with Crippen LogP contribution in [0.1, 0.15) is 40.5 Å². The van der Waals surface area contributed by atoms with Gasteiger partial charge >= 0.3 is 5.97 Å². The van der Waals surface area contributed by atoms with E-state index in [9.17, 15) is 9.90 Å². The molecule has 0 spiro atoms. The maximum atomic E-state index is 11.0. The standard InChI is InChI=1S/C11H23NO3/c1-5-6-10(14)15-8-9(13)7-12-11(2,3)4/h9,12-13H,5-8H2,1-4H3. The number of hydrogen-bond acceptors (Lipinski definition) is 4. The van der Waals surface area contributed by atoms with Gasteiger partial charge < -0.3 is 15.2 Å². The van der Waals surface area contributed by atoms with Crippen LogP contribution >= 0.6 is 0 Å². The molecule has 0 aliphatic heterocycles. The summed E-state index contributed by atoms with van der Waals surface area (Å²) in [4.78, 5) is 11.0. The molecule has 0 heterocycles. The van der Waals surface area contributed by atoms with Crippen LogP contribution in [0.2, 0.25) is 0 Å². The second kappa shape index (κ2) is 6.80. The quantitative estimate of drug-likeness (QED) is 0.654. The third-order valence-corrected chi connectivity index (χ3v) is 1.76. The Morgan fingerprint density at radius 2 is 2.07 bits per heavy atom. The van der Waals surface area contributed by atoms with Crippen molar-refractivity contribution in [2.45, 2.75) is 52.2 Å². The van der Waals surface area contributed by atoms with Crippen molar-refractivity contribution in [1.29, 1.82) is 0 Å². The van der Waals surface area contributed by atoms with Gasteiger partial charge in [0.1, 0.15) is 12.7 Å². The zero-order valence-electron chi connectivity index (χ0n) is 10.2. The largest absolute Gasteiger partial charge is 0.463 e. The molecule has 0 saturated heterocycles. The number of β-amino-alcohol motifs (C(OH)–C–C–N with tert-alkyl or cyclic N) is 1. The van der Waals surface area contributed by atoms with E-state index < -0.39 is 6.10 Å². The first-order valence-electron chi connectivity index (χ1n) is 5.44. The molecule has 0 aliphatic carbocycles. The predicted molar refractivity (Wildman–Crippen MR) is 59.6 cm³/mol. The Kier molecular flexibility index (Phi) is 6.52. The molecule has 0 radical (unpaired) electrons. The number of hydrogen-bond donors (Lipinski definition) is 2. The van der Waals surface area contributed by atoms with Crippen LogP contribution in [0.25, 0.3) is 0 Å². The van der Waals surface area contributed by atoms with Gasteiger partial charge in [-0.2, -0.15) is 0 Å². The molecule has 1 atom stereocenters. The highest BCUT2D eigenvalue weighted by Gasteiger charge is 2.13. The lowest BCUT2D eigenvalue weighted by molar-refractivity contribution is -0.146. The van der Waals surface area contributed by atoms with Crippen molar-refractivity contribution in [1.82, 2.24) is 5.32 Å². The van der Waals surface area contributed by atoms with E-state index in [0.717, 1.165) is 6.42 Å². The Morgan fingerprint density at radius 3 is 2.53 bits per heavy atom. The van der Waals surface area contributed by atoms with Crippen LogP contribution in [-0.2, 0) is 9.53 Å². The van der Waals surface area contributed by atoms with Crippen molar-refractivity contribution in [3.05, 3.63) is 0 Å². The van der Waals surface area contributed by atoms with Crippen LogP contribution in [-0.4, -0.2) is 35.9 Å². The zero-order chi connectivity index (χ0) is 11.9. The minimum absolute atomic E-state index is 0.0333. The van der Waals surface area contributed by atoms with Gasteiger partial charge in [0.25, 0.3) is 0 Å². The highest BCUT2D eigenvalue weighted by Crippen LogP contribution is 1.99. The highest BCUT2D eigenvalue weighted by atomic mass is 16.5. The summed E-state index contributed by atoms with van der Waals surface area (Å²) >= 11 is 0. The van der Waals surface area contributed by atoms with Crippen LogP contribution in [0, 0.1) is 0 Å². The number of rotatable bonds is 6. The summed E-state index contributed by atoms with van der Waals surface area (Å²) in [6.07, 6.45) is 0.555. The molecule has 0 amide bonds. The second-order valence-corrected chi connectivity index (χ2v) is 4.72. The zero-order valence-corrected chi connectivity index (χ0v) is 10.2. The summed E-state index contributed by atoms with van der Waals surface area (Å²) in [6, 6.07) is 0. The van der Waals surface area contributed by atoms with Gasteiger partial charge in [-0.05, 0) is 27.2 Å². The van der Waals surface area contributed by atoms with E-state index in [-0.39, 0.29) is 18.1 Å². The Balaban J connectivity index is 3.57. The van der Waals surface area contributed by atoms with Crippen molar-refractivity contribution >= 4 is 5.97 Å². The molecule has 0 saturated carbocycles. The van der Waals surface area contributed by atoms with Gasteiger partial charge in [-0.25, -0.2) is 0 Å². The van der Waals surface area contributed by atoms with Gasteiger partial charge in [0, 0.05) is 18.5 Å². The number of aliphatic hydroxyl groups excluding tert-OH is 1. The summed E-state index contributed by atoms with van der Waals surface area (Å²) in [6.45, 7) is 8.47. The van der Waals surface area contributed by atoms with E-state index >= 15 is 0 Å². The van der Waals surface area contributed by atoms with Gasteiger partial charge in [-0.15, -0.1) is 0 Å². The predicted octanol–water partition coefficient (Wildman–Crippen LogP) is 1.08. The Morgan fingerprint density at radius 1 is 1.47 bits per heavy atom. The van der Waals surface area contributed by atoms with Crippen LogP contribution in [0.5, 0.6) is 0 Å².